The maximum Gasteiger partial charge on any atom is 0.412 e. The van der Waals surface area contributed by atoms with E-state index in [0.29, 0.717) is 17.8 Å². The van der Waals surface area contributed by atoms with Crippen LogP contribution >= 0.6 is 0 Å². The fourth-order valence-corrected chi connectivity index (χ4v) is 3.07. The van der Waals surface area contributed by atoms with E-state index in [9.17, 15) is 9.59 Å². The predicted octanol–water partition coefficient (Wildman–Crippen LogP) is 4.51. The van der Waals surface area contributed by atoms with Gasteiger partial charge in [0.15, 0.2) is 0 Å². The summed E-state index contributed by atoms with van der Waals surface area (Å²) in [6.45, 7) is 8.58. The molecule has 158 valence electrons. The molecule has 0 bridgehead atoms. The van der Waals surface area contributed by atoms with Gasteiger partial charge in [-0.1, -0.05) is 24.3 Å². The molecule has 0 saturated carbocycles. The minimum Gasteiger partial charge on any atom is -0.444 e. The van der Waals surface area contributed by atoms with E-state index in [1.54, 1.807) is 32.9 Å². The first kappa shape index (κ1) is 21.4. The van der Waals surface area contributed by atoms with Gasteiger partial charge in [0.2, 0.25) is 0 Å². The molecule has 0 spiro atoms. The van der Waals surface area contributed by atoms with Gasteiger partial charge in [0.1, 0.15) is 5.60 Å². The van der Waals surface area contributed by atoms with Crippen molar-refractivity contribution < 1.29 is 14.3 Å². The van der Waals surface area contributed by atoms with Gasteiger partial charge in [0.25, 0.3) is 5.91 Å². The molecule has 3 rings (SSSR count). The minimum absolute atomic E-state index is 0.247. The second-order valence-electron chi connectivity index (χ2n) is 8.26. The van der Waals surface area contributed by atoms with Gasteiger partial charge in [-0.25, -0.2) is 4.79 Å². The molecule has 2 amide bonds. The SMILES string of the molecule is Cc1cnn(CCCNC(=O)c2cc3ccccc3cc2NC(=O)OC(C)(C)C)c1. The third-order valence-corrected chi connectivity index (χ3v) is 4.38. The smallest absolute Gasteiger partial charge is 0.412 e. The molecule has 0 unspecified atom stereocenters. The second-order valence-corrected chi connectivity index (χ2v) is 8.26. The number of benzene rings is 2. The number of anilines is 1. The van der Waals surface area contributed by atoms with Crippen LogP contribution in [0.5, 0.6) is 0 Å². The van der Waals surface area contributed by atoms with E-state index in [2.05, 4.69) is 15.7 Å². The molecule has 7 nitrogen and oxygen atoms in total. The number of ether oxygens (including phenoxy) is 1. The minimum atomic E-state index is -0.631. The molecule has 0 saturated heterocycles. The van der Waals surface area contributed by atoms with Crippen molar-refractivity contribution >= 4 is 28.5 Å². The molecule has 7 heteroatoms. The lowest BCUT2D eigenvalue weighted by atomic mass is 10.0. The lowest BCUT2D eigenvalue weighted by Crippen LogP contribution is -2.29. The Labute approximate surface area is 176 Å². The van der Waals surface area contributed by atoms with Gasteiger partial charge in [-0.05, 0) is 62.6 Å². The van der Waals surface area contributed by atoms with Gasteiger partial charge >= 0.3 is 6.09 Å². The van der Waals surface area contributed by atoms with Crippen LogP contribution in [-0.4, -0.2) is 33.9 Å². The highest BCUT2D eigenvalue weighted by Crippen LogP contribution is 2.25. The third-order valence-electron chi connectivity index (χ3n) is 4.38. The molecule has 2 N–H and O–H groups in total. The molecule has 30 heavy (non-hydrogen) atoms. The third kappa shape index (κ3) is 5.83. The summed E-state index contributed by atoms with van der Waals surface area (Å²) in [6, 6.07) is 11.3. The van der Waals surface area contributed by atoms with Crippen molar-refractivity contribution in [3.05, 3.63) is 59.9 Å². The van der Waals surface area contributed by atoms with Gasteiger partial charge in [0.05, 0.1) is 17.4 Å². The fourth-order valence-electron chi connectivity index (χ4n) is 3.07. The largest absolute Gasteiger partial charge is 0.444 e. The molecule has 0 radical (unpaired) electrons. The highest BCUT2D eigenvalue weighted by Gasteiger charge is 2.19. The quantitative estimate of drug-likeness (QED) is 0.588. The zero-order valence-corrected chi connectivity index (χ0v) is 17.9. The summed E-state index contributed by atoms with van der Waals surface area (Å²) in [6.07, 6.45) is 3.92. The number of aromatic nitrogens is 2. The van der Waals surface area contributed by atoms with Crippen molar-refractivity contribution in [3.63, 3.8) is 0 Å². The van der Waals surface area contributed by atoms with Crippen molar-refractivity contribution in [2.75, 3.05) is 11.9 Å². The number of carbonyl (C=O) groups is 2. The van der Waals surface area contributed by atoms with Gasteiger partial charge in [-0.2, -0.15) is 5.10 Å². The summed E-state index contributed by atoms with van der Waals surface area (Å²) < 4.78 is 7.20. The maximum atomic E-state index is 12.9. The number of aryl methyl sites for hydroxylation is 2. The van der Waals surface area contributed by atoms with Gasteiger partial charge in [-0.15, -0.1) is 0 Å². The van der Waals surface area contributed by atoms with Crippen LogP contribution in [0, 0.1) is 6.92 Å². The summed E-state index contributed by atoms with van der Waals surface area (Å²) in [5, 5.41) is 11.7. The number of rotatable bonds is 6. The topological polar surface area (TPSA) is 85.3 Å². The second kappa shape index (κ2) is 8.98. The van der Waals surface area contributed by atoms with E-state index >= 15 is 0 Å². The summed E-state index contributed by atoms with van der Waals surface area (Å²) in [5.41, 5.74) is 1.29. The van der Waals surface area contributed by atoms with E-state index < -0.39 is 11.7 Å². The number of carbonyl (C=O) groups excluding carboxylic acids is 2. The van der Waals surface area contributed by atoms with Crippen molar-refractivity contribution in [2.45, 2.75) is 46.3 Å². The molecular formula is C23H28N4O3. The Hall–Kier alpha value is -3.35. The Morgan fingerprint density at radius 1 is 1.13 bits per heavy atom. The average Bonchev–Trinajstić information content (AvgIpc) is 3.08. The van der Waals surface area contributed by atoms with Gasteiger partial charge in [0, 0.05) is 19.3 Å². The zero-order chi connectivity index (χ0) is 21.7. The molecule has 0 atom stereocenters. The van der Waals surface area contributed by atoms with E-state index in [1.165, 1.54) is 0 Å². The Bertz CT molecular complexity index is 1050. The first-order valence-corrected chi connectivity index (χ1v) is 10.0. The molecule has 2 aromatic carbocycles. The fraction of sp³-hybridized carbons (Fsp3) is 0.348. The van der Waals surface area contributed by atoms with Crippen LogP contribution in [0.4, 0.5) is 10.5 Å². The number of nitrogens with zero attached hydrogens (tertiary/aromatic N) is 2. The number of fused-ring (bicyclic) bond motifs is 1. The number of hydrogen-bond acceptors (Lipinski definition) is 4. The van der Waals surface area contributed by atoms with Crippen molar-refractivity contribution in [1.29, 1.82) is 0 Å². The standard InChI is InChI=1S/C23H28N4O3/c1-16-14-25-27(15-16)11-7-10-24-21(28)19-12-17-8-5-6-9-18(17)13-20(19)26-22(29)30-23(2,3)4/h5-6,8-9,12-15H,7,10-11H2,1-4H3,(H,24,28)(H,26,29). The molecule has 3 aromatic rings. The predicted molar refractivity (Wildman–Crippen MR) is 118 cm³/mol. The molecule has 0 aliphatic carbocycles. The van der Waals surface area contributed by atoms with Crippen molar-refractivity contribution in [3.8, 4) is 0 Å². The van der Waals surface area contributed by atoms with Crippen LogP contribution in [0.3, 0.4) is 0 Å². The zero-order valence-electron chi connectivity index (χ0n) is 17.9. The van der Waals surface area contributed by atoms with E-state index in [1.807, 2.05) is 48.3 Å². The van der Waals surface area contributed by atoms with Crippen LogP contribution < -0.4 is 10.6 Å². The monoisotopic (exact) mass is 408 g/mol. The van der Waals surface area contributed by atoms with Gasteiger partial charge in [-0.3, -0.25) is 14.8 Å². The summed E-state index contributed by atoms with van der Waals surface area (Å²) >= 11 is 0. The summed E-state index contributed by atoms with van der Waals surface area (Å²) in [7, 11) is 0. The Morgan fingerprint density at radius 2 is 1.83 bits per heavy atom. The summed E-state index contributed by atoms with van der Waals surface area (Å²) in [5.74, 6) is -0.247. The van der Waals surface area contributed by atoms with Crippen molar-refractivity contribution in [1.82, 2.24) is 15.1 Å². The Morgan fingerprint density at radius 3 is 2.47 bits per heavy atom. The highest BCUT2D eigenvalue weighted by atomic mass is 16.6. The molecule has 1 heterocycles. The Balaban J connectivity index is 1.72. The average molecular weight is 409 g/mol. The normalized spacial score (nSPS) is 11.3. The van der Waals surface area contributed by atoms with Crippen LogP contribution in [0.15, 0.2) is 48.8 Å². The molecule has 0 aliphatic heterocycles. The Kier molecular flexibility index (Phi) is 6.40. The molecule has 0 aliphatic rings. The molecule has 0 fully saturated rings. The van der Waals surface area contributed by atoms with E-state index in [4.69, 9.17) is 4.74 Å². The number of hydrogen-bond donors (Lipinski definition) is 2. The van der Waals surface area contributed by atoms with Crippen molar-refractivity contribution in [2.24, 2.45) is 0 Å². The first-order chi connectivity index (χ1) is 14.2. The molecule has 1 aromatic heterocycles. The maximum absolute atomic E-state index is 12.9. The number of amides is 2. The molecular weight excluding hydrogens is 380 g/mol. The van der Waals surface area contributed by atoms with Crippen LogP contribution in [0.1, 0.15) is 43.1 Å². The van der Waals surface area contributed by atoms with Crippen LogP contribution in [-0.2, 0) is 11.3 Å². The van der Waals surface area contributed by atoms with Gasteiger partial charge < -0.3 is 10.1 Å². The van der Waals surface area contributed by atoms with Crippen LogP contribution in [0.25, 0.3) is 10.8 Å². The summed E-state index contributed by atoms with van der Waals surface area (Å²) in [4.78, 5) is 25.1. The lowest BCUT2D eigenvalue weighted by molar-refractivity contribution is 0.0636. The first-order valence-electron chi connectivity index (χ1n) is 10.0. The highest BCUT2D eigenvalue weighted by molar-refractivity contribution is 6.07. The van der Waals surface area contributed by atoms with Crippen LogP contribution in [0.2, 0.25) is 0 Å². The number of nitrogens with one attached hydrogen (secondary N) is 2. The van der Waals surface area contributed by atoms with E-state index in [-0.39, 0.29) is 5.91 Å². The lowest BCUT2D eigenvalue weighted by Gasteiger charge is -2.20. The van der Waals surface area contributed by atoms with E-state index in [0.717, 1.165) is 29.3 Å².